The van der Waals surface area contributed by atoms with Gasteiger partial charge in [-0.25, -0.2) is 0 Å². The Bertz CT molecular complexity index is 362. The van der Waals surface area contributed by atoms with Gasteiger partial charge in [-0.2, -0.15) is 23.5 Å². The van der Waals surface area contributed by atoms with Crippen LogP contribution in [0.15, 0.2) is 0 Å². The number of hydrogen-bond acceptors (Lipinski definition) is 4. The maximum Gasteiger partial charge on any atom is 0.134 e. The van der Waals surface area contributed by atoms with Gasteiger partial charge in [-0.1, -0.05) is 72.6 Å². The van der Waals surface area contributed by atoms with Crippen molar-refractivity contribution in [1.82, 2.24) is 0 Å². The fourth-order valence-electron chi connectivity index (χ4n) is 3.37. The summed E-state index contributed by atoms with van der Waals surface area (Å²) in [6.45, 7) is 8.69. The average Bonchev–Trinajstić information content (AvgIpc) is 2.68. The summed E-state index contributed by atoms with van der Waals surface area (Å²) in [7, 11) is 0. The molecule has 0 saturated heterocycles. The largest absolute Gasteiger partial charge is 0.300 e. The Morgan fingerprint density at radius 3 is 1.28 bits per heavy atom. The lowest BCUT2D eigenvalue weighted by molar-refractivity contribution is -0.119. The summed E-state index contributed by atoms with van der Waals surface area (Å²) in [5.74, 6) is 3.30. The SMILES string of the molecule is CCCCC(=O)CC(C)SCCCCCCCCCSC(C)CC(=O)CCCC. The Balaban J connectivity index is 3.37. The van der Waals surface area contributed by atoms with E-state index >= 15 is 0 Å². The van der Waals surface area contributed by atoms with Crippen LogP contribution in [0.1, 0.15) is 124 Å². The standard InChI is InChI=1S/C25H48O2S2/c1-5-7-16-24(26)20-22(3)28-18-14-12-10-9-11-13-15-19-29-23(4)21-25(27)17-8-6-2/h22-23H,5-21H2,1-4H3. The smallest absolute Gasteiger partial charge is 0.134 e. The third-order valence-corrected chi connectivity index (χ3v) is 7.76. The Hall–Kier alpha value is 0.0400. The molecule has 0 rings (SSSR count). The van der Waals surface area contributed by atoms with Crippen molar-refractivity contribution in [3.63, 3.8) is 0 Å². The molecule has 0 aromatic heterocycles. The zero-order valence-electron chi connectivity index (χ0n) is 19.8. The van der Waals surface area contributed by atoms with E-state index in [1.54, 1.807) is 0 Å². The van der Waals surface area contributed by atoms with Gasteiger partial charge in [-0.05, 0) is 37.2 Å². The van der Waals surface area contributed by atoms with E-state index in [-0.39, 0.29) is 0 Å². The highest BCUT2D eigenvalue weighted by molar-refractivity contribution is 8.00. The predicted molar refractivity (Wildman–Crippen MR) is 134 cm³/mol. The van der Waals surface area contributed by atoms with Crippen molar-refractivity contribution in [2.75, 3.05) is 11.5 Å². The molecule has 0 aliphatic rings. The molecule has 0 aromatic rings. The van der Waals surface area contributed by atoms with Crippen LogP contribution in [-0.2, 0) is 9.59 Å². The van der Waals surface area contributed by atoms with E-state index in [0.29, 0.717) is 22.1 Å². The van der Waals surface area contributed by atoms with Crippen LogP contribution in [0.25, 0.3) is 0 Å². The highest BCUT2D eigenvalue weighted by Gasteiger charge is 2.10. The van der Waals surface area contributed by atoms with Crippen LogP contribution in [0.2, 0.25) is 0 Å². The van der Waals surface area contributed by atoms with Gasteiger partial charge in [-0.3, -0.25) is 9.59 Å². The molecule has 0 spiro atoms. The molecule has 29 heavy (non-hydrogen) atoms. The zero-order chi connectivity index (χ0) is 21.7. The predicted octanol–water partition coefficient (Wildman–Crippen LogP) is 8.26. The first-order chi connectivity index (χ1) is 14.0. The number of rotatable bonds is 22. The molecule has 0 aliphatic heterocycles. The van der Waals surface area contributed by atoms with E-state index in [2.05, 4.69) is 27.7 Å². The monoisotopic (exact) mass is 444 g/mol. The molecule has 2 unspecified atom stereocenters. The second-order valence-electron chi connectivity index (χ2n) is 8.53. The van der Waals surface area contributed by atoms with Gasteiger partial charge in [-0.15, -0.1) is 0 Å². The van der Waals surface area contributed by atoms with Gasteiger partial charge < -0.3 is 0 Å². The van der Waals surface area contributed by atoms with Crippen LogP contribution in [0, 0.1) is 0 Å². The Morgan fingerprint density at radius 2 is 0.931 bits per heavy atom. The van der Waals surface area contributed by atoms with Crippen molar-refractivity contribution in [1.29, 1.82) is 0 Å². The number of unbranched alkanes of at least 4 members (excludes halogenated alkanes) is 8. The fourth-order valence-corrected chi connectivity index (χ4v) is 5.52. The van der Waals surface area contributed by atoms with Crippen LogP contribution in [-0.4, -0.2) is 33.6 Å². The second kappa shape index (κ2) is 21.3. The highest BCUT2D eigenvalue weighted by Crippen LogP contribution is 2.20. The number of hydrogen-bond donors (Lipinski definition) is 0. The van der Waals surface area contributed by atoms with E-state index in [9.17, 15) is 9.59 Å². The van der Waals surface area contributed by atoms with E-state index < -0.39 is 0 Å². The molecule has 0 amide bonds. The summed E-state index contributed by atoms with van der Waals surface area (Å²) < 4.78 is 0. The summed E-state index contributed by atoms with van der Waals surface area (Å²) in [6.07, 6.45) is 16.7. The van der Waals surface area contributed by atoms with Crippen LogP contribution in [0.3, 0.4) is 0 Å². The van der Waals surface area contributed by atoms with Crippen molar-refractivity contribution in [3.8, 4) is 0 Å². The quantitative estimate of drug-likeness (QED) is 0.157. The molecule has 0 radical (unpaired) electrons. The first kappa shape index (κ1) is 29.0. The van der Waals surface area contributed by atoms with Crippen molar-refractivity contribution in [2.45, 2.75) is 135 Å². The molecule has 2 atom stereocenters. The Morgan fingerprint density at radius 1 is 0.586 bits per heavy atom. The maximum absolute atomic E-state index is 11.8. The molecule has 0 aromatic carbocycles. The molecule has 0 saturated carbocycles. The zero-order valence-corrected chi connectivity index (χ0v) is 21.4. The van der Waals surface area contributed by atoms with Crippen molar-refractivity contribution in [2.24, 2.45) is 0 Å². The molecule has 0 bridgehead atoms. The summed E-state index contributed by atoms with van der Waals surface area (Å²) >= 11 is 3.95. The Kier molecular flexibility index (Phi) is 21.3. The molecular formula is C25H48O2S2. The minimum atomic E-state index is 0.447. The molecule has 0 N–H and O–H groups in total. The first-order valence-electron chi connectivity index (χ1n) is 12.3. The van der Waals surface area contributed by atoms with Gasteiger partial charge in [0.25, 0.3) is 0 Å². The maximum atomic E-state index is 11.8. The van der Waals surface area contributed by atoms with E-state index in [1.807, 2.05) is 23.5 Å². The van der Waals surface area contributed by atoms with Crippen LogP contribution >= 0.6 is 23.5 Å². The lowest BCUT2D eigenvalue weighted by Crippen LogP contribution is -2.07. The topological polar surface area (TPSA) is 34.1 Å². The van der Waals surface area contributed by atoms with Gasteiger partial charge >= 0.3 is 0 Å². The molecule has 4 heteroatoms. The summed E-state index contributed by atoms with van der Waals surface area (Å²) in [5.41, 5.74) is 0. The number of carbonyl (C=O) groups excluding carboxylic acids is 2. The third-order valence-electron chi connectivity index (χ3n) is 5.24. The van der Waals surface area contributed by atoms with Crippen LogP contribution < -0.4 is 0 Å². The molecule has 0 heterocycles. The summed E-state index contributed by atoms with van der Waals surface area (Å²) in [5, 5.41) is 0.974. The molecular weight excluding hydrogens is 396 g/mol. The normalized spacial score (nSPS) is 13.4. The molecule has 0 aliphatic carbocycles. The number of thioether (sulfide) groups is 2. The summed E-state index contributed by atoms with van der Waals surface area (Å²) in [6, 6.07) is 0. The van der Waals surface area contributed by atoms with Gasteiger partial charge in [0.15, 0.2) is 0 Å². The first-order valence-corrected chi connectivity index (χ1v) is 14.4. The fraction of sp³-hybridized carbons (Fsp3) is 0.920. The number of ketones is 2. The van der Waals surface area contributed by atoms with Crippen LogP contribution in [0.5, 0.6) is 0 Å². The summed E-state index contributed by atoms with van der Waals surface area (Å²) in [4.78, 5) is 23.6. The lowest BCUT2D eigenvalue weighted by Gasteiger charge is -2.10. The lowest BCUT2D eigenvalue weighted by atomic mass is 10.1. The van der Waals surface area contributed by atoms with Crippen LogP contribution in [0.4, 0.5) is 0 Å². The molecule has 0 fully saturated rings. The van der Waals surface area contributed by atoms with Gasteiger partial charge in [0.05, 0.1) is 0 Å². The van der Waals surface area contributed by atoms with E-state index in [1.165, 1.54) is 56.5 Å². The third kappa shape index (κ3) is 21.1. The van der Waals surface area contributed by atoms with Gasteiger partial charge in [0, 0.05) is 36.2 Å². The minimum Gasteiger partial charge on any atom is -0.300 e. The second-order valence-corrected chi connectivity index (χ2v) is 11.6. The van der Waals surface area contributed by atoms with E-state index in [4.69, 9.17) is 0 Å². The minimum absolute atomic E-state index is 0.447. The Labute approximate surface area is 190 Å². The van der Waals surface area contributed by atoms with E-state index in [0.717, 1.165) is 51.4 Å². The molecule has 2 nitrogen and oxygen atoms in total. The van der Waals surface area contributed by atoms with Gasteiger partial charge in [0.2, 0.25) is 0 Å². The number of carbonyl (C=O) groups is 2. The van der Waals surface area contributed by atoms with Crippen molar-refractivity contribution in [3.05, 3.63) is 0 Å². The average molecular weight is 445 g/mol. The molecule has 172 valence electrons. The highest BCUT2D eigenvalue weighted by atomic mass is 32.2. The number of Topliss-reactive ketones (excluding diaryl/α,β-unsaturated/α-hetero) is 2. The van der Waals surface area contributed by atoms with Gasteiger partial charge in [0.1, 0.15) is 11.6 Å². The van der Waals surface area contributed by atoms with Crippen molar-refractivity contribution < 1.29 is 9.59 Å². The van der Waals surface area contributed by atoms with Crippen molar-refractivity contribution >= 4 is 35.1 Å².